The van der Waals surface area contributed by atoms with Gasteiger partial charge in [0.25, 0.3) is 0 Å². The second-order valence-corrected chi connectivity index (χ2v) is 7.53. The number of hydrogen-bond acceptors (Lipinski definition) is 6. The maximum atomic E-state index is 5.05. The summed E-state index contributed by atoms with van der Waals surface area (Å²) < 4.78 is 0. The van der Waals surface area contributed by atoms with Crippen molar-refractivity contribution in [3.8, 4) is 22.5 Å². The standard InChI is InChI=1S/C23H23N7S/c1-2-3-6-18(13-14-31)22-24-21(25-26-22)15-16-9-11-17(12-10-16)19-7-4-5-8-20(19)23-27-29-30-28-23/h2-5,7-12,14,18H,6,13,15H2,1H3,(H,24,25,26)(H,27,28,29,30). The number of H-pyrrole nitrogens is 2. The van der Waals surface area contributed by atoms with E-state index in [9.17, 15) is 0 Å². The van der Waals surface area contributed by atoms with Crippen LogP contribution in [0.15, 0.2) is 60.7 Å². The highest BCUT2D eigenvalue weighted by molar-refractivity contribution is 7.78. The fourth-order valence-electron chi connectivity index (χ4n) is 3.50. The van der Waals surface area contributed by atoms with Crippen LogP contribution in [0.2, 0.25) is 0 Å². The molecule has 0 saturated carbocycles. The number of tetrazole rings is 1. The molecule has 0 spiro atoms. The molecule has 0 fully saturated rings. The number of thiocarbonyl (C=S) groups is 1. The number of aromatic amines is 2. The van der Waals surface area contributed by atoms with Crippen molar-refractivity contribution in [2.24, 2.45) is 0 Å². The number of aromatic nitrogens is 7. The van der Waals surface area contributed by atoms with Crippen LogP contribution in [0.1, 0.15) is 42.9 Å². The molecule has 8 heteroatoms. The Kier molecular flexibility index (Phi) is 6.68. The third kappa shape index (κ3) is 4.97. The van der Waals surface area contributed by atoms with Gasteiger partial charge >= 0.3 is 0 Å². The van der Waals surface area contributed by atoms with E-state index in [-0.39, 0.29) is 5.92 Å². The molecule has 0 saturated heterocycles. The van der Waals surface area contributed by atoms with Crippen LogP contribution in [0.25, 0.3) is 22.5 Å². The summed E-state index contributed by atoms with van der Waals surface area (Å²) in [5.41, 5.74) is 4.25. The minimum atomic E-state index is 0.211. The molecule has 1 unspecified atom stereocenters. The largest absolute Gasteiger partial charge is 0.263 e. The van der Waals surface area contributed by atoms with Crippen LogP contribution < -0.4 is 0 Å². The van der Waals surface area contributed by atoms with Crippen LogP contribution in [0.3, 0.4) is 0 Å². The van der Waals surface area contributed by atoms with E-state index < -0.39 is 0 Å². The highest BCUT2D eigenvalue weighted by Gasteiger charge is 2.15. The van der Waals surface area contributed by atoms with Gasteiger partial charge in [0.05, 0.1) is 0 Å². The Morgan fingerprint density at radius 1 is 1.00 bits per heavy atom. The Morgan fingerprint density at radius 3 is 2.52 bits per heavy atom. The van der Waals surface area contributed by atoms with Gasteiger partial charge in [-0.05, 0) is 47.0 Å². The topological polar surface area (TPSA) is 96.0 Å². The van der Waals surface area contributed by atoms with Crippen molar-refractivity contribution in [1.29, 1.82) is 0 Å². The van der Waals surface area contributed by atoms with Gasteiger partial charge in [-0.15, -0.1) is 10.2 Å². The minimum Gasteiger partial charge on any atom is -0.263 e. The molecular formula is C23H23N7S. The average molecular weight is 430 g/mol. The number of benzene rings is 2. The van der Waals surface area contributed by atoms with Gasteiger partial charge in [-0.3, -0.25) is 5.10 Å². The van der Waals surface area contributed by atoms with Crippen molar-refractivity contribution in [3.63, 3.8) is 0 Å². The molecule has 0 aliphatic carbocycles. The Labute approximate surface area is 186 Å². The van der Waals surface area contributed by atoms with Crippen molar-refractivity contribution in [3.05, 3.63) is 77.9 Å². The lowest BCUT2D eigenvalue weighted by Gasteiger charge is -2.08. The normalized spacial score (nSPS) is 12.3. The van der Waals surface area contributed by atoms with Gasteiger partial charge in [0.2, 0.25) is 5.82 Å². The van der Waals surface area contributed by atoms with E-state index in [1.165, 1.54) is 0 Å². The second kappa shape index (κ2) is 9.99. The SMILES string of the molecule is CC=CCC(CC=S)c1n[nH]c(Cc2ccc(-c3ccccc3-c3nn[nH]n3)cc2)n1. The van der Waals surface area contributed by atoms with Crippen LogP contribution in [-0.4, -0.2) is 41.2 Å². The summed E-state index contributed by atoms with van der Waals surface area (Å²) in [6, 6.07) is 16.5. The molecule has 2 aromatic carbocycles. The molecule has 0 aliphatic rings. The predicted molar refractivity (Wildman–Crippen MR) is 125 cm³/mol. The molecule has 156 valence electrons. The molecular weight excluding hydrogens is 406 g/mol. The van der Waals surface area contributed by atoms with Crippen LogP contribution in [0, 0.1) is 0 Å². The van der Waals surface area contributed by atoms with Gasteiger partial charge in [-0.25, -0.2) is 4.98 Å². The summed E-state index contributed by atoms with van der Waals surface area (Å²) >= 11 is 5.05. The van der Waals surface area contributed by atoms with Gasteiger partial charge in [-0.2, -0.15) is 10.3 Å². The fraction of sp³-hybridized carbons (Fsp3) is 0.217. The number of rotatable bonds is 9. The first kappa shape index (κ1) is 20.7. The Hall–Kier alpha value is -3.52. The quantitative estimate of drug-likeness (QED) is 0.296. The van der Waals surface area contributed by atoms with Crippen molar-refractivity contribution in [1.82, 2.24) is 35.8 Å². The van der Waals surface area contributed by atoms with Crippen molar-refractivity contribution >= 4 is 17.6 Å². The Morgan fingerprint density at radius 2 is 1.81 bits per heavy atom. The van der Waals surface area contributed by atoms with Gasteiger partial charge in [0.15, 0.2) is 5.82 Å². The summed E-state index contributed by atoms with van der Waals surface area (Å²) in [5, 5.41) is 23.7. The number of nitrogens with zero attached hydrogens (tertiary/aromatic N) is 5. The summed E-state index contributed by atoms with van der Waals surface area (Å²) in [4.78, 5) is 4.71. The van der Waals surface area contributed by atoms with E-state index in [4.69, 9.17) is 17.2 Å². The summed E-state index contributed by atoms with van der Waals surface area (Å²) in [6.45, 7) is 2.02. The van der Waals surface area contributed by atoms with Gasteiger partial charge in [0, 0.05) is 17.9 Å². The van der Waals surface area contributed by atoms with Crippen LogP contribution in [0.5, 0.6) is 0 Å². The van der Waals surface area contributed by atoms with Crippen molar-refractivity contribution in [2.45, 2.75) is 32.1 Å². The molecule has 4 aromatic rings. The summed E-state index contributed by atoms with van der Waals surface area (Å²) in [6.07, 6.45) is 6.53. The zero-order valence-corrected chi connectivity index (χ0v) is 18.0. The molecule has 7 nitrogen and oxygen atoms in total. The third-order valence-electron chi connectivity index (χ3n) is 5.10. The molecule has 31 heavy (non-hydrogen) atoms. The lowest BCUT2D eigenvalue weighted by atomic mass is 9.98. The molecule has 2 heterocycles. The molecule has 0 amide bonds. The molecule has 0 aliphatic heterocycles. The van der Waals surface area contributed by atoms with Crippen LogP contribution in [0.4, 0.5) is 0 Å². The van der Waals surface area contributed by atoms with Crippen LogP contribution >= 0.6 is 12.2 Å². The lowest BCUT2D eigenvalue weighted by molar-refractivity contribution is 0.685. The molecule has 1 atom stereocenters. The first-order valence-corrected chi connectivity index (χ1v) is 10.6. The zero-order valence-electron chi connectivity index (χ0n) is 17.2. The maximum absolute atomic E-state index is 5.05. The fourth-order valence-corrected chi connectivity index (χ4v) is 3.73. The van der Waals surface area contributed by atoms with E-state index >= 15 is 0 Å². The van der Waals surface area contributed by atoms with Gasteiger partial charge < -0.3 is 0 Å². The first-order valence-electron chi connectivity index (χ1n) is 10.2. The first-order chi connectivity index (χ1) is 15.3. The van der Waals surface area contributed by atoms with Crippen molar-refractivity contribution < 1.29 is 0 Å². The van der Waals surface area contributed by atoms with E-state index in [2.05, 4.69) is 67.2 Å². The minimum absolute atomic E-state index is 0.211. The lowest BCUT2D eigenvalue weighted by Crippen LogP contribution is -2.01. The van der Waals surface area contributed by atoms with Crippen molar-refractivity contribution in [2.75, 3.05) is 0 Å². The third-order valence-corrected chi connectivity index (χ3v) is 5.29. The molecule has 2 N–H and O–H groups in total. The molecule has 0 radical (unpaired) electrons. The van der Waals surface area contributed by atoms with Gasteiger partial charge in [-0.1, -0.05) is 72.9 Å². The van der Waals surface area contributed by atoms with Crippen LogP contribution in [-0.2, 0) is 6.42 Å². The summed E-state index contributed by atoms with van der Waals surface area (Å²) in [7, 11) is 0. The second-order valence-electron chi connectivity index (χ2n) is 7.20. The van der Waals surface area contributed by atoms with E-state index in [0.717, 1.165) is 46.7 Å². The highest BCUT2D eigenvalue weighted by Crippen LogP contribution is 2.30. The zero-order chi connectivity index (χ0) is 21.5. The number of nitrogens with one attached hydrogen (secondary N) is 2. The molecule has 0 bridgehead atoms. The monoisotopic (exact) mass is 429 g/mol. The summed E-state index contributed by atoms with van der Waals surface area (Å²) in [5.74, 6) is 2.46. The number of hydrogen-bond donors (Lipinski definition) is 2. The maximum Gasteiger partial charge on any atom is 0.205 e. The Bertz CT molecular complexity index is 1150. The molecule has 4 rings (SSSR count). The molecule has 2 aromatic heterocycles. The number of allylic oxidation sites excluding steroid dienone is 2. The highest BCUT2D eigenvalue weighted by atomic mass is 32.1. The van der Waals surface area contributed by atoms with E-state index in [1.807, 2.05) is 31.2 Å². The van der Waals surface area contributed by atoms with Gasteiger partial charge in [0.1, 0.15) is 5.82 Å². The Balaban J connectivity index is 1.50. The predicted octanol–water partition coefficient (Wildman–Crippen LogP) is 4.68. The van der Waals surface area contributed by atoms with E-state index in [0.29, 0.717) is 12.2 Å². The average Bonchev–Trinajstić information content (AvgIpc) is 3.50. The van der Waals surface area contributed by atoms with E-state index in [1.54, 1.807) is 5.37 Å². The smallest absolute Gasteiger partial charge is 0.205 e.